The Bertz CT molecular complexity index is 1530. The number of aromatic nitrogens is 2. The molecule has 0 spiro atoms. The van der Waals surface area contributed by atoms with E-state index in [1.807, 2.05) is 47.4 Å². The van der Waals surface area contributed by atoms with Crippen molar-refractivity contribution in [3.63, 3.8) is 0 Å². The molecule has 4 aromatic rings. The molecule has 0 unspecified atom stereocenters. The Kier molecular flexibility index (Phi) is 7.37. The first-order valence-corrected chi connectivity index (χ1v) is 12.7. The van der Waals surface area contributed by atoms with Crippen LogP contribution in [0, 0.1) is 5.92 Å². The fourth-order valence-electron chi connectivity index (χ4n) is 4.45. The summed E-state index contributed by atoms with van der Waals surface area (Å²) in [6.45, 7) is 8.42. The van der Waals surface area contributed by atoms with E-state index in [-0.39, 0.29) is 11.3 Å². The quantitative estimate of drug-likeness (QED) is 0.255. The highest BCUT2D eigenvalue weighted by Crippen LogP contribution is 2.33. The van der Waals surface area contributed by atoms with E-state index in [1.165, 1.54) is 6.92 Å². The monoisotopic (exact) mass is 514 g/mol. The molecular formula is C29H30N4O5. The normalized spacial score (nSPS) is 13.6. The van der Waals surface area contributed by atoms with Crippen molar-refractivity contribution in [2.24, 2.45) is 5.92 Å². The molecule has 2 aromatic carbocycles. The van der Waals surface area contributed by atoms with E-state index in [2.05, 4.69) is 24.1 Å². The third-order valence-corrected chi connectivity index (χ3v) is 6.21. The summed E-state index contributed by atoms with van der Waals surface area (Å²) in [5.41, 5.74) is 2.61. The van der Waals surface area contributed by atoms with Crippen molar-refractivity contribution in [3.05, 3.63) is 70.7 Å². The second kappa shape index (κ2) is 11.0. The number of nitrogens with one attached hydrogen (secondary N) is 1. The SMILES string of the molecule is CC(=O)c1c(N2CCOCC2)c2ccc(Nc3nccc(-c4ccccc4OCC(C)C)n3)cc2oc1=O. The van der Waals surface area contributed by atoms with Gasteiger partial charge in [0.25, 0.3) is 0 Å². The number of anilines is 3. The molecule has 0 aliphatic carbocycles. The molecule has 196 valence electrons. The van der Waals surface area contributed by atoms with Gasteiger partial charge >= 0.3 is 5.63 Å². The molecule has 3 heterocycles. The Labute approximate surface area is 220 Å². The second-order valence-corrected chi connectivity index (χ2v) is 9.57. The van der Waals surface area contributed by atoms with E-state index in [4.69, 9.17) is 18.9 Å². The van der Waals surface area contributed by atoms with Gasteiger partial charge in [0.05, 0.1) is 31.2 Å². The zero-order valence-electron chi connectivity index (χ0n) is 21.7. The lowest BCUT2D eigenvalue weighted by Gasteiger charge is -2.30. The standard InChI is InChI=1S/C29H30N4O5/c1-18(2)17-37-24-7-5-4-6-21(24)23-10-11-30-29(32-23)31-20-8-9-22-25(16-20)38-28(35)26(19(3)34)27(22)33-12-14-36-15-13-33/h4-11,16,18H,12-15,17H2,1-3H3,(H,30,31,32). The van der Waals surface area contributed by atoms with Crippen molar-refractivity contribution in [2.45, 2.75) is 20.8 Å². The number of carbonyl (C=O) groups excluding carboxylic acids is 1. The maximum absolute atomic E-state index is 12.8. The number of carbonyl (C=O) groups is 1. The van der Waals surface area contributed by atoms with Crippen LogP contribution in [0.5, 0.6) is 5.75 Å². The minimum atomic E-state index is -0.653. The van der Waals surface area contributed by atoms with Crippen LogP contribution in [0.4, 0.5) is 17.3 Å². The molecule has 0 radical (unpaired) electrons. The fraction of sp³-hybridized carbons (Fsp3) is 0.310. The first-order valence-electron chi connectivity index (χ1n) is 12.7. The highest BCUT2D eigenvalue weighted by Gasteiger charge is 2.24. The summed E-state index contributed by atoms with van der Waals surface area (Å²) in [4.78, 5) is 36.3. The number of ketones is 1. The third kappa shape index (κ3) is 5.38. The van der Waals surface area contributed by atoms with Gasteiger partial charge in [-0.2, -0.15) is 0 Å². The zero-order chi connectivity index (χ0) is 26.6. The van der Waals surface area contributed by atoms with Gasteiger partial charge in [-0.25, -0.2) is 14.8 Å². The van der Waals surface area contributed by atoms with Crippen molar-refractivity contribution in [1.82, 2.24) is 9.97 Å². The Morgan fingerprint density at radius 1 is 1.13 bits per heavy atom. The van der Waals surface area contributed by atoms with Crippen molar-refractivity contribution in [1.29, 1.82) is 0 Å². The van der Waals surface area contributed by atoms with Gasteiger partial charge in [0.1, 0.15) is 16.9 Å². The number of nitrogens with zero attached hydrogens (tertiary/aromatic N) is 3. The van der Waals surface area contributed by atoms with Crippen molar-refractivity contribution < 1.29 is 18.7 Å². The summed E-state index contributed by atoms with van der Waals surface area (Å²) in [5.74, 6) is 1.22. The Morgan fingerprint density at radius 2 is 1.92 bits per heavy atom. The average molecular weight is 515 g/mol. The molecule has 0 bridgehead atoms. The van der Waals surface area contributed by atoms with Gasteiger partial charge in [0, 0.05) is 42.0 Å². The number of hydrogen-bond acceptors (Lipinski definition) is 9. The number of benzene rings is 2. The van der Waals surface area contributed by atoms with E-state index in [9.17, 15) is 9.59 Å². The average Bonchev–Trinajstić information content (AvgIpc) is 2.91. The molecule has 0 atom stereocenters. The summed E-state index contributed by atoms with van der Waals surface area (Å²) >= 11 is 0. The van der Waals surface area contributed by atoms with Crippen LogP contribution in [-0.4, -0.2) is 48.7 Å². The Balaban J connectivity index is 1.48. The topological polar surface area (TPSA) is 107 Å². The number of Topliss-reactive ketones (excluding diaryl/α,β-unsaturated/α-hetero) is 1. The van der Waals surface area contributed by atoms with Crippen LogP contribution in [0.15, 0.2) is 63.9 Å². The van der Waals surface area contributed by atoms with Crippen LogP contribution in [0.2, 0.25) is 0 Å². The minimum Gasteiger partial charge on any atom is -0.493 e. The van der Waals surface area contributed by atoms with E-state index in [1.54, 1.807) is 12.3 Å². The lowest BCUT2D eigenvalue weighted by atomic mass is 10.1. The predicted molar refractivity (Wildman–Crippen MR) is 147 cm³/mol. The maximum Gasteiger partial charge on any atom is 0.349 e. The largest absolute Gasteiger partial charge is 0.493 e. The highest BCUT2D eigenvalue weighted by atomic mass is 16.5. The Hall–Kier alpha value is -4.24. The molecule has 1 fully saturated rings. The number of para-hydroxylation sites is 1. The molecule has 1 aliphatic rings. The predicted octanol–water partition coefficient (Wildman–Crippen LogP) is 5.07. The molecule has 9 nitrogen and oxygen atoms in total. The Morgan fingerprint density at radius 3 is 2.68 bits per heavy atom. The summed E-state index contributed by atoms with van der Waals surface area (Å²) in [5, 5.41) is 3.89. The van der Waals surface area contributed by atoms with Crippen LogP contribution in [0.1, 0.15) is 31.1 Å². The van der Waals surface area contributed by atoms with E-state index >= 15 is 0 Å². The first kappa shape index (κ1) is 25.4. The number of rotatable bonds is 8. The summed E-state index contributed by atoms with van der Waals surface area (Å²) < 4.78 is 17.0. The molecule has 0 amide bonds. The number of hydrogen-bond donors (Lipinski definition) is 1. The minimum absolute atomic E-state index is 0.0643. The van der Waals surface area contributed by atoms with Crippen LogP contribution in [0.25, 0.3) is 22.2 Å². The molecule has 5 rings (SSSR count). The molecule has 38 heavy (non-hydrogen) atoms. The second-order valence-electron chi connectivity index (χ2n) is 9.57. The molecule has 1 saturated heterocycles. The van der Waals surface area contributed by atoms with E-state index < -0.39 is 5.63 Å². The van der Waals surface area contributed by atoms with Gasteiger partial charge in [0.2, 0.25) is 5.95 Å². The van der Waals surface area contributed by atoms with Crippen molar-refractivity contribution in [3.8, 4) is 17.0 Å². The van der Waals surface area contributed by atoms with Gasteiger partial charge in [-0.15, -0.1) is 0 Å². The summed E-state index contributed by atoms with van der Waals surface area (Å²) in [6.07, 6.45) is 1.68. The van der Waals surface area contributed by atoms with Crippen LogP contribution in [-0.2, 0) is 4.74 Å². The van der Waals surface area contributed by atoms with Crippen LogP contribution >= 0.6 is 0 Å². The fourth-order valence-corrected chi connectivity index (χ4v) is 4.45. The molecular weight excluding hydrogens is 484 g/mol. The lowest BCUT2D eigenvalue weighted by Crippen LogP contribution is -2.38. The first-order chi connectivity index (χ1) is 18.4. The van der Waals surface area contributed by atoms with Gasteiger partial charge in [0.15, 0.2) is 5.78 Å². The highest BCUT2D eigenvalue weighted by molar-refractivity contribution is 6.07. The van der Waals surface area contributed by atoms with Crippen molar-refractivity contribution in [2.75, 3.05) is 43.1 Å². The molecule has 1 aliphatic heterocycles. The zero-order valence-corrected chi connectivity index (χ0v) is 21.7. The third-order valence-electron chi connectivity index (χ3n) is 6.21. The number of fused-ring (bicyclic) bond motifs is 1. The van der Waals surface area contributed by atoms with Gasteiger partial charge in [-0.3, -0.25) is 4.79 Å². The van der Waals surface area contributed by atoms with Gasteiger partial charge < -0.3 is 24.1 Å². The van der Waals surface area contributed by atoms with Gasteiger partial charge in [-0.05, 0) is 43.2 Å². The van der Waals surface area contributed by atoms with Gasteiger partial charge in [-0.1, -0.05) is 26.0 Å². The molecule has 1 N–H and O–H groups in total. The maximum atomic E-state index is 12.8. The lowest BCUT2D eigenvalue weighted by molar-refractivity contribution is 0.101. The van der Waals surface area contributed by atoms with E-state index in [0.29, 0.717) is 67.1 Å². The summed E-state index contributed by atoms with van der Waals surface area (Å²) in [6, 6.07) is 15.0. The van der Waals surface area contributed by atoms with Crippen LogP contribution < -0.4 is 20.6 Å². The van der Waals surface area contributed by atoms with Crippen molar-refractivity contribution >= 4 is 34.1 Å². The summed E-state index contributed by atoms with van der Waals surface area (Å²) in [7, 11) is 0. The number of morpholine rings is 1. The smallest absolute Gasteiger partial charge is 0.349 e. The number of ether oxygens (including phenoxy) is 2. The van der Waals surface area contributed by atoms with E-state index in [0.717, 1.165) is 17.0 Å². The molecule has 2 aromatic heterocycles. The molecule has 0 saturated carbocycles. The van der Waals surface area contributed by atoms with Crippen LogP contribution in [0.3, 0.4) is 0 Å². The molecule has 9 heteroatoms.